The molecule has 0 aliphatic carbocycles. The zero-order valence-corrected chi connectivity index (χ0v) is 17.6. The van der Waals surface area contributed by atoms with Crippen LogP contribution in [0.3, 0.4) is 0 Å². The predicted octanol–water partition coefficient (Wildman–Crippen LogP) is 2.98. The maximum absolute atomic E-state index is 13.4. The summed E-state index contributed by atoms with van der Waals surface area (Å²) < 4.78 is 18.8. The summed E-state index contributed by atoms with van der Waals surface area (Å²) >= 11 is 2.01. The first kappa shape index (κ1) is 20.5. The zero-order chi connectivity index (χ0) is 20.1. The molecular formula is C20H21FIN3O3. The Labute approximate surface area is 176 Å². The molecule has 0 unspecified atom stereocenters. The third-order valence-electron chi connectivity index (χ3n) is 4.62. The first-order chi connectivity index (χ1) is 13.5. The van der Waals surface area contributed by atoms with Gasteiger partial charge in [-0.3, -0.25) is 14.5 Å². The van der Waals surface area contributed by atoms with Crippen molar-refractivity contribution >= 4 is 45.8 Å². The number of rotatable bonds is 5. The van der Waals surface area contributed by atoms with Gasteiger partial charge in [0.2, 0.25) is 0 Å². The van der Waals surface area contributed by atoms with E-state index in [1.165, 1.54) is 19.2 Å². The number of carbonyl (C=O) groups excluding carboxylic acids is 2. The smallest absolute Gasteiger partial charge is 0.319 e. The third-order valence-corrected chi connectivity index (χ3v) is 5.56. The van der Waals surface area contributed by atoms with Gasteiger partial charge in [0.05, 0.1) is 19.2 Å². The van der Waals surface area contributed by atoms with Crippen LogP contribution in [0.15, 0.2) is 42.5 Å². The molecule has 6 nitrogen and oxygen atoms in total. The van der Waals surface area contributed by atoms with Crippen molar-refractivity contribution in [2.75, 3.05) is 50.1 Å². The molecule has 0 bridgehead atoms. The number of halogens is 2. The van der Waals surface area contributed by atoms with E-state index in [2.05, 4.69) is 15.1 Å². The van der Waals surface area contributed by atoms with Gasteiger partial charge < -0.3 is 15.0 Å². The molecule has 1 aliphatic rings. The Bertz CT molecular complexity index is 852. The topological polar surface area (TPSA) is 61.9 Å². The lowest BCUT2D eigenvalue weighted by atomic mass is 10.2. The number of anilines is 2. The molecule has 1 amide bonds. The molecule has 2 aromatic rings. The molecule has 2 aromatic carbocycles. The van der Waals surface area contributed by atoms with Gasteiger partial charge in [-0.25, -0.2) is 4.39 Å². The Kier molecular flexibility index (Phi) is 6.84. The predicted molar refractivity (Wildman–Crippen MR) is 114 cm³/mol. The van der Waals surface area contributed by atoms with Crippen LogP contribution in [0, 0.1) is 9.39 Å². The molecule has 28 heavy (non-hydrogen) atoms. The first-order valence-corrected chi connectivity index (χ1v) is 9.95. The SMILES string of the molecule is COC(=O)CN1CCN(c2ccc(NC(=O)c3cc(F)ccc3I)cc2)CC1. The number of hydrogen-bond donors (Lipinski definition) is 1. The maximum atomic E-state index is 13.4. The Hall–Kier alpha value is -2.20. The summed E-state index contributed by atoms with van der Waals surface area (Å²) in [7, 11) is 1.40. The van der Waals surface area contributed by atoms with Gasteiger partial charge >= 0.3 is 5.97 Å². The largest absolute Gasteiger partial charge is 0.468 e. The van der Waals surface area contributed by atoms with E-state index in [1.54, 1.807) is 6.07 Å². The van der Waals surface area contributed by atoms with E-state index in [9.17, 15) is 14.0 Å². The van der Waals surface area contributed by atoms with Crippen molar-refractivity contribution in [3.63, 3.8) is 0 Å². The van der Waals surface area contributed by atoms with E-state index in [1.807, 2.05) is 46.9 Å². The summed E-state index contributed by atoms with van der Waals surface area (Å²) in [6.45, 7) is 3.50. The first-order valence-electron chi connectivity index (χ1n) is 8.87. The summed E-state index contributed by atoms with van der Waals surface area (Å²) in [6.07, 6.45) is 0. The minimum atomic E-state index is -0.438. The number of nitrogens with zero attached hydrogens (tertiary/aromatic N) is 2. The summed E-state index contributed by atoms with van der Waals surface area (Å²) in [5.74, 6) is -0.998. The number of benzene rings is 2. The van der Waals surface area contributed by atoms with Crippen LogP contribution in [0.25, 0.3) is 0 Å². The highest BCUT2D eigenvalue weighted by Crippen LogP contribution is 2.21. The average molecular weight is 497 g/mol. The van der Waals surface area contributed by atoms with Crippen molar-refractivity contribution in [1.82, 2.24) is 4.90 Å². The number of esters is 1. The summed E-state index contributed by atoms with van der Waals surface area (Å²) in [4.78, 5) is 28.1. The molecule has 0 radical (unpaired) electrons. The highest BCUT2D eigenvalue weighted by Gasteiger charge is 2.19. The van der Waals surface area contributed by atoms with Crippen LogP contribution in [0.2, 0.25) is 0 Å². The molecule has 0 saturated carbocycles. The van der Waals surface area contributed by atoms with E-state index >= 15 is 0 Å². The second-order valence-corrected chi connectivity index (χ2v) is 7.63. The molecule has 148 valence electrons. The number of methoxy groups -OCH3 is 1. The fourth-order valence-corrected chi connectivity index (χ4v) is 3.62. The molecule has 1 heterocycles. The number of hydrogen-bond acceptors (Lipinski definition) is 5. The van der Waals surface area contributed by atoms with Gasteiger partial charge in [0, 0.05) is 41.1 Å². The lowest BCUT2D eigenvalue weighted by molar-refractivity contribution is -0.142. The second-order valence-electron chi connectivity index (χ2n) is 6.46. The lowest BCUT2D eigenvalue weighted by Gasteiger charge is -2.35. The summed E-state index contributed by atoms with van der Waals surface area (Å²) in [5, 5.41) is 2.80. The van der Waals surface area contributed by atoms with Gasteiger partial charge in [0.15, 0.2) is 0 Å². The lowest BCUT2D eigenvalue weighted by Crippen LogP contribution is -2.48. The minimum absolute atomic E-state index is 0.221. The van der Waals surface area contributed by atoms with Crippen LogP contribution in [-0.4, -0.2) is 56.6 Å². The number of amides is 1. The van der Waals surface area contributed by atoms with Crippen LogP contribution >= 0.6 is 22.6 Å². The van der Waals surface area contributed by atoms with Gasteiger partial charge in [-0.1, -0.05) is 0 Å². The molecule has 0 atom stereocenters. The van der Waals surface area contributed by atoms with Gasteiger partial charge in [-0.05, 0) is 65.1 Å². The highest BCUT2D eigenvalue weighted by atomic mass is 127. The van der Waals surface area contributed by atoms with Crippen molar-refractivity contribution < 1.29 is 18.7 Å². The van der Waals surface area contributed by atoms with E-state index in [-0.39, 0.29) is 11.9 Å². The quantitative estimate of drug-likeness (QED) is 0.509. The molecule has 0 spiro atoms. The van der Waals surface area contributed by atoms with Crippen molar-refractivity contribution in [2.45, 2.75) is 0 Å². The molecule has 1 N–H and O–H groups in total. The van der Waals surface area contributed by atoms with Crippen molar-refractivity contribution in [2.24, 2.45) is 0 Å². The van der Waals surface area contributed by atoms with Gasteiger partial charge in [-0.2, -0.15) is 0 Å². The third kappa shape index (κ3) is 5.20. The molecule has 8 heteroatoms. The monoisotopic (exact) mass is 497 g/mol. The Morgan fingerprint density at radius 2 is 1.79 bits per heavy atom. The summed E-state index contributed by atoms with van der Waals surface area (Å²) in [5.41, 5.74) is 2.01. The molecule has 1 aliphatic heterocycles. The molecule has 1 saturated heterocycles. The van der Waals surface area contributed by atoms with Crippen LogP contribution in [0.1, 0.15) is 10.4 Å². The van der Waals surface area contributed by atoms with E-state index in [0.29, 0.717) is 21.4 Å². The van der Waals surface area contributed by atoms with Crippen LogP contribution < -0.4 is 10.2 Å². The second kappa shape index (κ2) is 9.33. The number of piperazine rings is 1. The molecule has 0 aromatic heterocycles. The normalized spacial score (nSPS) is 14.6. The van der Waals surface area contributed by atoms with Crippen LogP contribution in [0.5, 0.6) is 0 Å². The minimum Gasteiger partial charge on any atom is -0.468 e. The zero-order valence-electron chi connectivity index (χ0n) is 15.5. The van der Waals surface area contributed by atoms with Gasteiger partial charge in [0.25, 0.3) is 5.91 Å². The molecule has 3 rings (SSSR count). The van der Waals surface area contributed by atoms with Gasteiger partial charge in [-0.15, -0.1) is 0 Å². The van der Waals surface area contributed by atoms with Crippen molar-refractivity contribution in [3.8, 4) is 0 Å². The fourth-order valence-electron chi connectivity index (χ4n) is 3.04. The number of nitrogens with one attached hydrogen (secondary N) is 1. The Morgan fingerprint density at radius 3 is 2.43 bits per heavy atom. The highest BCUT2D eigenvalue weighted by molar-refractivity contribution is 14.1. The average Bonchev–Trinajstić information content (AvgIpc) is 2.71. The fraction of sp³-hybridized carbons (Fsp3) is 0.300. The Morgan fingerprint density at radius 1 is 1.11 bits per heavy atom. The van der Waals surface area contributed by atoms with Crippen molar-refractivity contribution in [3.05, 3.63) is 57.4 Å². The number of carbonyl (C=O) groups is 2. The maximum Gasteiger partial charge on any atom is 0.319 e. The molecular weight excluding hydrogens is 476 g/mol. The van der Waals surface area contributed by atoms with Crippen LogP contribution in [-0.2, 0) is 9.53 Å². The Balaban J connectivity index is 1.57. The van der Waals surface area contributed by atoms with Crippen LogP contribution in [0.4, 0.5) is 15.8 Å². The van der Waals surface area contributed by atoms with E-state index < -0.39 is 5.82 Å². The number of ether oxygens (including phenoxy) is 1. The van der Waals surface area contributed by atoms with E-state index in [0.717, 1.165) is 31.9 Å². The standard InChI is InChI=1S/C20H21FIN3O3/c1-28-19(26)13-24-8-10-25(11-9-24)16-5-3-15(4-6-16)23-20(27)17-12-14(21)2-7-18(17)22/h2-7,12H,8-11,13H2,1H3,(H,23,27). The summed E-state index contributed by atoms with van der Waals surface area (Å²) in [6, 6.07) is 11.7. The van der Waals surface area contributed by atoms with E-state index in [4.69, 9.17) is 4.74 Å². The van der Waals surface area contributed by atoms with Gasteiger partial charge in [0.1, 0.15) is 5.82 Å². The van der Waals surface area contributed by atoms with Crippen molar-refractivity contribution in [1.29, 1.82) is 0 Å². The molecule has 1 fully saturated rings.